The van der Waals surface area contributed by atoms with Crippen molar-refractivity contribution >= 4 is 34.8 Å². The molecule has 0 unspecified atom stereocenters. The molecule has 0 saturated heterocycles. The lowest BCUT2D eigenvalue weighted by Crippen LogP contribution is -2.12. The van der Waals surface area contributed by atoms with E-state index in [1.165, 1.54) is 0 Å². The highest BCUT2D eigenvalue weighted by Gasteiger charge is 2.07. The van der Waals surface area contributed by atoms with Gasteiger partial charge in [0.25, 0.3) is 0 Å². The number of aryl methyl sites for hydroxylation is 1. The van der Waals surface area contributed by atoms with Crippen molar-refractivity contribution in [2.45, 2.75) is 19.4 Å². The van der Waals surface area contributed by atoms with Crippen molar-refractivity contribution in [1.82, 2.24) is 9.55 Å². The van der Waals surface area contributed by atoms with E-state index in [0.29, 0.717) is 47.5 Å². The summed E-state index contributed by atoms with van der Waals surface area (Å²) in [6.45, 7) is 1.22. The second-order valence-electron chi connectivity index (χ2n) is 5.96. The first kappa shape index (κ1) is 19.3. The Morgan fingerprint density at radius 3 is 2.85 bits per heavy atom. The molecule has 1 heterocycles. The molecule has 1 N–H and O–H groups in total. The van der Waals surface area contributed by atoms with E-state index in [-0.39, 0.29) is 5.91 Å². The predicted octanol–water partition coefficient (Wildman–Crippen LogP) is 4.84. The normalized spacial score (nSPS) is 10.6. The summed E-state index contributed by atoms with van der Waals surface area (Å²) < 4.78 is 7.67. The first-order valence-electron chi connectivity index (χ1n) is 8.52. The number of hydrogen-bond acceptors (Lipinski definition) is 3. The molecule has 3 rings (SSSR count). The zero-order valence-electron chi connectivity index (χ0n) is 14.6. The average molecular weight is 404 g/mol. The topological polar surface area (TPSA) is 56.1 Å². The van der Waals surface area contributed by atoms with Gasteiger partial charge in [0.05, 0.1) is 12.9 Å². The van der Waals surface area contributed by atoms with Crippen LogP contribution in [0.2, 0.25) is 10.0 Å². The number of amides is 1. The summed E-state index contributed by atoms with van der Waals surface area (Å²) in [5.74, 6) is 0.616. The van der Waals surface area contributed by atoms with E-state index >= 15 is 0 Å². The van der Waals surface area contributed by atoms with Crippen LogP contribution in [0.25, 0.3) is 0 Å². The molecule has 7 heteroatoms. The zero-order valence-corrected chi connectivity index (χ0v) is 16.1. The van der Waals surface area contributed by atoms with Gasteiger partial charge >= 0.3 is 0 Å². The van der Waals surface area contributed by atoms with E-state index in [1.807, 2.05) is 35.0 Å². The zero-order chi connectivity index (χ0) is 19.1. The van der Waals surface area contributed by atoms with Gasteiger partial charge in [0.1, 0.15) is 12.4 Å². The second-order valence-corrected chi connectivity index (χ2v) is 6.80. The highest BCUT2D eigenvalue weighted by Crippen LogP contribution is 2.22. The molecule has 0 aliphatic heterocycles. The Hall–Kier alpha value is -2.50. The molecule has 0 saturated carbocycles. The van der Waals surface area contributed by atoms with Gasteiger partial charge in [-0.25, -0.2) is 4.98 Å². The largest absolute Gasteiger partial charge is 0.492 e. The molecular formula is C20H19Cl2N3O2. The van der Waals surface area contributed by atoms with Gasteiger partial charge in [-0.1, -0.05) is 35.3 Å². The molecule has 0 spiro atoms. The van der Waals surface area contributed by atoms with Crippen molar-refractivity contribution in [2.24, 2.45) is 0 Å². The van der Waals surface area contributed by atoms with Gasteiger partial charge in [0.2, 0.25) is 5.91 Å². The maximum absolute atomic E-state index is 12.2. The number of imidazole rings is 1. The van der Waals surface area contributed by atoms with Crippen molar-refractivity contribution in [2.75, 3.05) is 11.9 Å². The molecule has 2 aromatic carbocycles. The van der Waals surface area contributed by atoms with E-state index in [2.05, 4.69) is 10.3 Å². The van der Waals surface area contributed by atoms with Crippen molar-refractivity contribution < 1.29 is 9.53 Å². The van der Waals surface area contributed by atoms with Crippen LogP contribution in [-0.2, 0) is 17.8 Å². The number of ether oxygens (including phenoxy) is 1. The Morgan fingerprint density at radius 1 is 1.19 bits per heavy atom. The molecule has 0 radical (unpaired) electrons. The number of nitrogens with zero attached hydrogens (tertiary/aromatic N) is 2. The number of carbonyl (C=O) groups excluding carboxylic acids is 1. The maximum atomic E-state index is 12.2. The summed E-state index contributed by atoms with van der Waals surface area (Å²) >= 11 is 12.0. The fourth-order valence-electron chi connectivity index (χ4n) is 2.55. The van der Waals surface area contributed by atoms with Gasteiger partial charge < -0.3 is 14.6 Å². The molecule has 0 atom stereocenters. The van der Waals surface area contributed by atoms with E-state index < -0.39 is 0 Å². The minimum atomic E-state index is -0.0865. The lowest BCUT2D eigenvalue weighted by Gasteiger charge is -2.10. The number of benzene rings is 2. The number of nitrogens with one attached hydrogen (secondary N) is 1. The summed E-state index contributed by atoms with van der Waals surface area (Å²) in [6, 6.07) is 12.6. The summed E-state index contributed by atoms with van der Waals surface area (Å²) in [4.78, 5) is 16.2. The molecular weight excluding hydrogens is 385 g/mol. The van der Waals surface area contributed by atoms with Crippen LogP contribution in [0.3, 0.4) is 0 Å². The molecule has 140 valence electrons. The maximum Gasteiger partial charge on any atom is 0.224 e. The van der Waals surface area contributed by atoms with Crippen molar-refractivity contribution in [3.8, 4) is 5.75 Å². The molecule has 1 amide bonds. The van der Waals surface area contributed by atoms with Crippen LogP contribution in [0.4, 0.5) is 5.69 Å². The number of halogens is 2. The third-order valence-corrected chi connectivity index (χ3v) is 4.52. The van der Waals surface area contributed by atoms with Crippen LogP contribution in [0.15, 0.2) is 61.2 Å². The minimum Gasteiger partial charge on any atom is -0.492 e. The van der Waals surface area contributed by atoms with E-state index in [1.54, 1.807) is 30.7 Å². The SMILES string of the molecule is O=C(CCc1ccc(Cl)cc1Cl)Nc1cccc(OCCn2ccnc2)c1. The van der Waals surface area contributed by atoms with Gasteiger partial charge in [-0.05, 0) is 36.2 Å². The number of carbonyl (C=O) groups is 1. The van der Waals surface area contributed by atoms with Gasteiger partial charge in [0.15, 0.2) is 0 Å². The summed E-state index contributed by atoms with van der Waals surface area (Å²) in [5.41, 5.74) is 1.59. The lowest BCUT2D eigenvalue weighted by molar-refractivity contribution is -0.116. The first-order chi connectivity index (χ1) is 13.1. The molecule has 27 heavy (non-hydrogen) atoms. The molecule has 3 aromatic rings. The standard InChI is InChI=1S/C20H19Cl2N3O2/c21-16-6-4-15(19(22)12-16)5-7-20(26)24-17-2-1-3-18(13-17)27-11-10-25-9-8-23-14-25/h1-4,6,8-9,12-14H,5,7,10-11H2,(H,24,26). The van der Waals surface area contributed by atoms with Crippen LogP contribution in [0, 0.1) is 0 Å². The van der Waals surface area contributed by atoms with Crippen LogP contribution in [0.5, 0.6) is 5.75 Å². The minimum absolute atomic E-state index is 0.0865. The fourth-order valence-corrected chi connectivity index (χ4v) is 3.05. The monoisotopic (exact) mass is 403 g/mol. The quantitative estimate of drug-likeness (QED) is 0.585. The Balaban J connectivity index is 1.48. The highest BCUT2D eigenvalue weighted by molar-refractivity contribution is 6.35. The van der Waals surface area contributed by atoms with Gasteiger partial charge in [-0.2, -0.15) is 0 Å². The molecule has 1 aromatic heterocycles. The molecule has 5 nitrogen and oxygen atoms in total. The number of aromatic nitrogens is 2. The fraction of sp³-hybridized carbons (Fsp3) is 0.200. The van der Waals surface area contributed by atoms with Crippen molar-refractivity contribution in [3.63, 3.8) is 0 Å². The number of rotatable bonds is 8. The predicted molar refractivity (Wildman–Crippen MR) is 108 cm³/mol. The molecule has 0 fully saturated rings. The molecule has 0 aliphatic carbocycles. The summed E-state index contributed by atoms with van der Waals surface area (Å²) in [5, 5.41) is 4.04. The van der Waals surface area contributed by atoms with Crippen LogP contribution >= 0.6 is 23.2 Å². The first-order valence-corrected chi connectivity index (χ1v) is 9.28. The van der Waals surface area contributed by atoms with Crippen molar-refractivity contribution in [3.05, 3.63) is 76.8 Å². The Kier molecular flexibility index (Phi) is 6.74. The van der Waals surface area contributed by atoms with E-state index in [9.17, 15) is 4.79 Å². The summed E-state index contributed by atoms with van der Waals surface area (Å²) in [6.07, 6.45) is 6.23. The summed E-state index contributed by atoms with van der Waals surface area (Å²) in [7, 11) is 0. The lowest BCUT2D eigenvalue weighted by atomic mass is 10.1. The van der Waals surface area contributed by atoms with Crippen LogP contribution in [-0.4, -0.2) is 22.1 Å². The highest BCUT2D eigenvalue weighted by atomic mass is 35.5. The average Bonchev–Trinajstić information content (AvgIpc) is 3.15. The third-order valence-electron chi connectivity index (χ3n) is 3.93. The smallest absolute Gasteiger partial charge is 0.224 e. The van der Waals surface area contributed by atoms with Crippen LogP contribution in [0.1, 0.15) is 12.0 Å². The van der Waals surface area contributed by atoms with Crippen LogP contribution < -0.4 is 10.1 Å². The molecule has 0 aliphatic rings. The van der Waals surface area contributed by atoms with Gasteiger partial charge in [-0.15, -0.1) is 0 Å². The van der Waals surface area contributed by atoms with E-state index in [4.69, 9.17) is 27.9 Å². The van der Waals surface area contributed by atoms with Crippen molar-refractivity contribution in [1.29, 1.82) is 0 Å². The second kappa shape index (κ2) is 9.44. The van der Waals surface area contributed by atoms with E-state index in [0.717, 1.165) is 5.56 Å². The van der Waals surface area contributed by atoms with Gasteiger partial charge in [0, 0.05) is 40.6 Å². The third kappa shape index (κ3) is 6.01. The number of hydrogen-bond donors (Lipinski definition) is 1. The Bertz CT molecular complexity index is 898. The van der Waals surface area contributed by atoms with Gasteiger partial charge in [-0.3, -0.25) is 4.79 Å². The number of anilines is 1. The molecule has 0 bridgehead atoms. The Labute approximate surface area is 167 Å². The Morgan fingerprint density at radius 2 is 2.07 bits per heavy atom.